The van der Waals surface area contributed by atoms with Crippen molar-refractivity contribution < 1.29 is 9.53 Å². The van der Waals surface area contributed by atoms with Crippen molar-refractivity contribution in [1.29, 1.82) is 0 Å². The van der Waals surface area contributed by atoms with Gasteiger partial charge in [-0.25, -0.2) is 4.98 Å². The number of hydrogen-bond acceptors (Lipinski definition) is 6. The fourth-order valence-corrected chi connectivity index (χ4v) is 3.99. The SMILES string of the molecule is CCN1C(=O)/C(=C(\C)c2ccc(OC)cc2)S/C1=N/c1nccs1. The van der Waals surface area contributed by atoms with Crippen molar-refractivity contribution >= 4 is 44.9 Å². The van der Waals surface area contributed by atoms with Gasteiger partial charge in [-0.3, -0.25) is 9.69 Å². The fourth-order valence-electron chi connectivity index (χ4n) is 2.32. The summed E-state index contributed by atoms with van der Waals surface area (Å²) in [6.45, 7) is 4.49. The quantitative estimate of drug-likeness (QED) is 0.769. The number of benzene rings is 1. The zero-order valence-corrected chi connectivity index (χ0v) is 15.3. The van der Waals surface area contributed by atoms with Gasteiger partial charge < -0.3 is 4.74 Å². The summed E-state index contributed by atoms with van der Waals surface area (Å²) >= 11 is 2.86. The molecular weight excluding hydrogens is 342 g/mol. The van der Waals surface area contributed by atoms with Crippen molar-refractivity contribution in [3.8, 4) is 5.75 Å². The molecule has 0 saturated carbocycles. The van der Waals surface area contributed by atoms with Crippen LogP contribution in [0.2, 0.25) is 0 Å². The highest BCUT2D eigenvalue weighted by Gasteiger charge is 2.34. The molecule has 0 aliphatic carbocycles. The lowest BCUT2D eigenvalue weighted by Gasteiger charge is -2.11. The van der Waals surface area contributed by atoms with Crippen molar-refractivity contribution in [1.82, 2.24) is 9.88 Å². The van der Waals surface area contributed by atoms with Gasteiger partial charge in [0, 0.05) is 18.1 Å². The van der Waals surface area contributed by atoms with E-state index in [0.717, 1.165) is 16.9 Å². The molecule has 24 heavy (non-hydrogen) atoms. The molecule has 0 unspecified atom stereocenters. The zero-order valence-electron chi connectivity index (χ0n) is 13.6. The molecule has 7 heteroatoms. The molecule has 124 valence electrons. The van der Waals surface area contributed by atoms with Crippen LogP contribution in [0.15, 0.2) is 45.7 Å². The predicted octanol–water partition coefficient (Wildman–Crippen LogP) is 4.17. The van der Waals surface area contributed by atoms with Gasteiger partial charge in [-0.15, -0.1) is 11.3 Å². The van der Waals surface area contributed by atoms with E-state index < -0.39 is 0 Å². The van der Waals surface area contributed by atoms with Crippen LogP contribution in [0.5, 0.6) is 5.75 Å². The first-order valence-corrected chi connectivity index (χ1v) is 9.16. The number of hydrogen-bond donors (Lipinski definition) is 0. The maximum absolute atomic E-state index is 12.7. The summed E-state index contributed by atoms with van der Waals surface area (Å²) in [6, 6.07) is 7.71. The number of allylic oxidation sites excluding steroid dienone is 1. The van der Waals surface area contributed by atoms with Gasteiger partial charge in [-0.1, -0.05) is 12.1 Å². The lowest BCUT2D eigenvalue weighted by molar-refractivity contribution is -0.122. The van der Waals surface area contributed by atoms with Crippen molar-refractivity contribution in [2.24, 2.45) is 4.99 Å². The molecule has 0 spiro atoms. The number of amides is 1. The van der Waals surface area contributed by atoms with E-state index in [9.17, 15) is 4.79 Å². The number of ether oxygens (including phenoxy) is 1. The summed E-state index contributed by atoms with van der Waals surface area (Å²) in [6.07, 6.45) is 1.71. The van der Waals surface area contributed by atoms with E-state index in [1.54, 1.807) is 18.2 Å². The van der Waals surface area contributed by atoms with Crippen LogP contribution in [0.4, 0.5) is 5.13 Å². The van der Waals surface area contributed by atoms with E-state index in [1.807, 2.05) is 43.5 Å². The molecule has 1 aromatic heterocycles. The molecule has 1 saturated heterocycles. The predicted molar refractivity (Wildman–Crippen MR) is 99.8 cm³/mol. The first-order valence-electron chi connectivity index (χ1n) is 7.47. The highest BCUT2D eigenvalue weighted by molar-refractivity contribution is 8.18. The highest BCUT2D eigenvalue weighted by atomic mass is 32.2. The normalized spacial score (nSPS) is 18.4. The smallest absolute Gasteiger partial charge is 0.267 e. The second-order valence-corrected chi connectivity index (χ2v) is 6.89. The van der Waals surface area contributed by atoms with Crippen LogP contribution in [0.1, 0.15) is 19.4 Å². The Balaban J connectivity index is 1.96. The Labute approximate surface area is 149 Å². The number of aromatic nitrogens is 1. The van der Waals surface area contributed by atoms with E-state index in [-0.39, 0.29) is 5.91 Å². The molecule has 2 aromatic rings. The number of rotatable bonds is 4. The third-order valence-electron chi connectivity index (χ3n) is 3.65. The van der Waals surface area contributed by atoms with Crippen molar-refractivity contribution in [3.05, 3.63) is 46.3 Å². The van der Waals surface area contributed by atoms with Crippen LogP contribution in [0.3, 0.4) is 0 Å². The van der Waals surface area contributed by atoms with Gasteiger partial charge in [0.25, 0.3) is 5.91 Å². The first-order chi connectivity index (χ1) is 11.6. The summed E-state index contributed by atoms with van der Waals surface area (Å²) in [5, 5.41) is 3.21. The van der Waals surface area contributed by atoms with Crippen LogP contribution in [0.25, 0.3) is 5.57 Å². The minimum Gasteiger partial charge on any atom is -0.497 e. The number of carbonyl (C=O) groups excluding carboxylic acids is 1. The molecule has 2 heterocycles. The molecule has 1 fully saturated rings. The van der Waals surface area contributed by atoms with Gasteiger partial charge in [-0.05, 0) is 48.9 Å². The molecule has 0 N–H and O–H groups in total. The van der Waals surface area contributed by atoms with E-state index in [0.29, 0.717) is 21.7 Å². The highest BCUT2D eigenvalue weighted by Crippen LogP contribution is 2.38. The second-order valence-electron chi connectivity index (χ2n) is 5.04. The Kier molecular flexibility index (Phi) is 5.01. The third kappa shape index (κ3) is 3.22. The van der Waals surface area contributed by atoms with Crippen LogP contribution < -0.4 is 4.74 Å². The number of amidine groups is 1. The fraction of sp³-hybridized carbons (Fsp3) is 0.235. The van der Waals surface area contributed by atoms with Crippen molar-refractivity contribution in [2.45, 2.75) is 13.8 Å². The average molecular weight is 359 g/mol. The molecule has 1 amide bonds. The van der Waals surface area contributed by atoms with E-state index in [2.05, 4.69) is 9.98 Å². The third-order valence-corrected chi connectivity index (χ3v) is 5.50. The monoisotopic (exact) mass is 359 g/mol. The summed E-state index contributed by atoms with van der Waals surface area (Å²) in [5.74, 6) is 0.786. The molecule has 1 aliphatic rings. The average Bonchev–Trinajstić information content (AvgIpc) is 3.22. The lowest BCUT2D eigenvalue weighted by atomic mass is 10.1. The maximum atomic E-state index is 12.7. The molecule has 1 aromatic carbocycles. The van der Waals surface area contributed by atoms with Crippen LogP contribution >= 0.6 is 23.1 Å². The van der Waals surface area contributed by atoms with E-state index >= 15 is 0 Å². The Bertz CT molecular complexity index is 796. The summed E-state index contributed by atoms with van der Waals surface area (Å²) < 4.78 is 5.18. The van der Waals surface area contributed by atoms with E-state index in [1.165, 1.54) is 23.1 Å². The van der Waals surface area contributed by atoms with Crippen LogP contribution in [0, 0.1) is 0 Å². The summed E-state index contributed by atoms with van der Waals surface area (Å²) in [7, 11) is 1.64. The molecule has 0 atom stereocenters. The van der Waals surface area contributed by atoms with Crippen LogP contribution in [-0.2, 0) is 4.79 Å². The number of likely N-dealkylation sites (N-methyl/N-ethyl adjacent to an activating group) is 1. The lowest BCUT2D eigenvalue weighted by Crippen LogP contribution is -2.28. The topological polar surface area (TPSA) is 54.8 Å². The molecular formula is C17H17N3O2S2. The summed E-state index contributed by atoms with van der Waals surface area (Å²) in [5.41, 5.74) is 1.94. The van der Waals surface area contributed by atoms with Crippen molar-refractivity contribution in [3.63, 3.8) is 0 Å². The molecule has 1 aliphatic heterocycles. The Morgan fingerprint density at radius 2 is 2.08 bits per heavy atom. The number of methoxy groups -OCH3 is 1. The Morgan fingerprint density at radius 3 is 2.67 bits per heavy atom. The van der Waals surface area contributed by atoms with Gasteiger partial charge >= 0.3 is 0 Å². The number of thioether (sulfide) groups is 1. The van der Waals surface area contributed by atoms with Gasteiger partial charge in [0.05, 0.1) is 12.0 Å². The van der Waals surface area contributed by atoms with Crippen LogP contribution in [-0.4, -0.2) is 34.6 Å². The summed E-state index contributed by atoms with van der Waals surface area (Å²) in [4.78, 5) is 23.8. The molecule has 0 bridgehead atoms. The number of nitrogens with zero attached hydrogens (tertiary/aromatic N) is 3. The molecule has 5 nitrogen and oxygen atoms in total. The second kappa shape index (κ2) is 7.19. The zero-order chi connectivity index (χ0) is 17.1. The maximum Gasteiger partial charge on any atom is 0.267 e. The number of thiazole rings is 1. The van der Waals surface area contributed by atoms with E-state index in [4.69, 9.17) is 4.74 Å². The number of carbonyl (C=O) groups is 1. The Morgan fingerprint density at radius 1 is 1.33 bits per heavy atom. The van der Waals surface area contributed by atoms with Crippen molar-refractivity contribution in [2.75, 3.05) is 13.7 Å². The van der Waals surface area contributed by atoms with Gasteiger partial charge in [0.2, 0.25) is 5.13 Å². The van der Waals surface area contributed by atoms with Gasteiger partial charge in [0.1, 0.15) is 5.75 Å². The molecule has 3 rings (SSSR count). The number of aliphatic imine (C=N–C) groups is 1. The Hall–Kier alpha value is -2.12. The van der Waals surface area contributed by atoms with Gasteiger partial charge in [0.15, 0.2) is 5.17 Å². The molecule has 0 radical (unpaired) electrons. The van der Waals surface area contributed by atoms with Gasteiger partial charge in [-0.2, -0.15) is 4.99 Å². The largest absolute Gasteiger partial charge is 0.497 e. The standard InChI is InChI=1S/C17H17N3O2S2/c1-4-20-15(21)14(24-17(20)19-16-18-9-10-23-16)11(2)12-5-7-13(22-3)8-6-12/h5-10H,4H2,1-3H3/b14-11-,19-17+. The minimum absolute atomic E-state index is 0.00822. The minimum atomic E-state index is -0.00822. The first kappa shape index (κ1) is 16.7.